The number of carbonyl (C=O) groups excluding carboxylic acids is 2. The molecule has 0 saturated carbocycles. The fourth-order valence-corrected chi connectivity index (χ4v) is 5.52. The first kappa shape index (κ1) is 33.2. The fraction of sp³-hybridized carbons (Fsp3) is 0.333. The van der Waals surface area contributed by atoms with Gasteiger partial charge in [0.15, 0.2) is 5.82 Å². The lowest BCUT2D eigenvalue weighted by molar-refractivity contribution is -0.0987. The van der Waals surface area contributed by atoms with Gasteiger partial charge in [0.1, 0.15) is 19.4 Å². The smallest absolute Gasteiger partial charge is 0.223 e. The molecular weight excluding hydrogens is 552 g/mol. The van der Waals surface area contributed by atoms with Gasteiger partial charge in [0.05, 0.1) is 22.9 Å². The molecule has 0 amide bonds. The number of halogens is 2. The van der Waals surface area contributed by atoms with E-state index in [0.29, 0.717) is 17.6 Å². The topological polar surface area (TPSA) is 116 Å². The number of fused-ring (bicyclic) bond motifs is 2. The molecular formula is C33H39F2N5O3. The minimum absolute atomic E-state index is 0.0549. The standard InChI is InChI=1S/C20H21F2N5.C11H14O.2CH2O/c1-23-17-5-3-15(21)18(19(17)22)12-2-4-16-13(10-12)11-25-20(27-16)26-14-6-8-24-9-7-14;1-7-5-8(2)9-3-4-11(12)10(9)6-7;2*1-2/h2-5,10-11,14,23-24H,6-9H2,1H3,(H,25,26,27);5-6,11-12H,3-4H2,1-2H3;2*1H2. The summed E-state index contributed by atoms with van der Waals surface area (Å²) in [6, 6.07) is 12.5. The Morgan fingerprint density at radius 2 is 1.70 bits per heavy atom. The molecule has 10 heteroatoms. The van der Waals surface area contributed by atoms with Crippen LogP contribution in [0.25, 0.3) is 22.0 Å². The molecule has 6 rings (SSSR count). The second kappa shape index (κ2) is 15.8. The summed E-state index contributed by atoms with van der Waals surface area (Å²) in [4.78, 5) is 24.9. The molecule has 1 saturated heterocycles. The summed E-state index contributed by atoms with van der Waals surface area (Å²) in [7, 11) is 1.60. The van der Waals surface area contributed by atoms with Gasteiger partial charge >= 0.3 is 0 Å². The molecule has 1 fully saturated rings. The highest BCUT2D eigenvalue weighted by atomic mass is 19.1. The maximum absolute atomic E-state index is 14.6. The summed E-state index contributed by atoms with van der Waals surface area (Å²) in [5.41, 5.74) is 6.51. The van der Waals surface area contributed by atoms with E-state index in [2.05, 4.69) is 51.9 Å². The second-order valence-corrected chi connectivity index (χ2v) is 10.4. The van der Waals surface area contributed by atoms with Crippen LogP contribution in [0.5, 0.6) is 0 Å². The summed E-state index contributed by atoms with van der Waals surface area (Å²) in [6.45, 7) is 10.2. The monoisotopic (exact) mass is 591 g/mol. The number of piperidine rings is 1. The van der Waals surface area contributed by atoms with E-state index in [1.807, 2.05) is 13.6 Å². The predicted molar refractivity (Wildman–Crippen MR) is 167 cm³/mol. The van der Waals surface area contributed by atoms with E-state index in [1.54, 1.807) is 31.4 Å². The summed E-state index contributed by atoms with van der Waals surface area (Å²) in [5, 5.41) is 19.8. The number of aromatic nitrogens is 2. The van der Waals surface area contributed by atoms with Crippen LogP contribution in [0.4, 0.5) is 20.4 Å². The lowest BCUT2D eigenvalue weighted by atomic mass is 10.0. The first-order valence-corrected chi connectivity index (χ1v) is 14.1. The molecule has 0 radical (unpaired) electrons. The Morgan fingerprint density at radius 1 is 0.977 bits per heavy atom. The van der Waals surface area contributed by atoms with Crippen LogP contribution in [0.2, 0.25) is 0 Å². The average Bonchev–Trinajstić information content (AvgIpc) is 3.40. The molecule has 1 aromatic heterocycles. The number of aryl methyl sites for hydroxylation is 2. The number of hydrogen-bond acceptors (Lipinski definition) is 8. The van der Waals surface area contributed by atoms with E-state index >= 15 is 0 Å². The van der Waals surface area contributed by atoms with Crippen molar-refractivity contribution in [2.24, 2.45) is 0 Å². The Kier molecular flexibility index (Phi) is 12.2. The number of aliphatic hydroxyl groups is 1. The molecule has 2 heterocycles. The van der Waals surface area contributed by atoms with Gasteiger partial charge in [0.25, 0.3) is 0 Å². The Balaban J connectivity index is 0.000000264. The van der Waals surface area contributed by atoms with Crippen LogP contribution in [0.1, 0.15) is 47.6 Å². The fourth-order valence-electron chi connectivity index (χ4n) is 5.52. The van der Waals surface area contributed by atoms with Crippen molar-refractivity contribution in [2.75, 3.05) is 30.8 Å². The van der Waals surface area contributed by atoms with Gasteiger partial charge < -0.3 is 30.6 Å². The van der Waals surface area contributed by atoms with Gasteiger partial charge in [-0.05, 0) is 99.1 Å². The Bertz CT molecular complexity index is 1530. The maximum atomic E-state index is 14.6. The molecule has 1 unspecified atom stereocenters. The average molecular weight is 592 g/mol. The molecule has 8 nitrogen and oxygen atoms in total. The minimum Gasteiger partial charge on any atom is -0.388 e. The molecule has 4 aromatic rings. The van der Waals surface area contributed by atoms with Gasteiger partial charge in [0.2, 0.25) is 5.95 Å². The maximum Gasteiger partial charge on any atom is 0.223 e. The SMILES string of the molecule is C=O.C=O.CNc1ccc(F)c(-c2ccc3nc(NC4CCNCC4)ncc3c2)c1F.Cc1cc(C)c2c(c1)C(O)CC2. The normalized spacial score (nSPS) is 15.5. The summed E-state index contributed by atoms with van der Waals surface area (Å²) in [6.07, 6.45) is 5.48. The van der Waals surface area contributed by atoms with Crippen LogP contribution < -0.4 is 16.0 Å². The third-order valence-electron chi connectivity index (χ3n) is 7.58. The van der Waals surface area contributed by atoms with Crippen molar-refractivity contribution >= 4 is 36.1 Å². The van der Waals surface area contributed by atoms with Crippen molar-refractivity contribution < 1.29 is 23.5 Å². The highest BCUT2D eigenvalue weighted by Crippen LogP contribution is 2.34. The Labute approximate surface area is 251 Å². The lowest BCUT2D eigenvalue weighted by Crippen LogP contribution is -2.35. The number of aliphatic hydroxyl groups excluding tert-OH is 1. The number of anilines is 2. The molecule has 2 aliphatic rings. The van der Waals surface area contributed by atoms with Crippen LogP contribution in [0.3, 0.4) is 0 Å². The Hall–Kier alpha value is -4.28. The molecule has 1 atom stereocenters. The van der Waals surface area contributed by atoms with Crippen LogP contribution in [0, 0.1) is 25.5 Å². The zero-order chi connectivity index (χ0) is 31.5. The van der Waals surface area contributed by atoms with Crippen molar-refractivity contribution in [3.8, 4) is 11.1 Å². The van der Waals surface area contributed by atoms with E-state index in [4.69, 9.17) is 9.59 Å². The van der Waals surface area contributed by atoms with Crippen molar-refractivity contribution in [1.82, 2.24) is 15.3 Å². The van der Waals surface area contributed by atoms with Crippen molar-refractivity contribution in [2.45, 2.75) is 51.7 Å². The third-order valence-corrected chi connectivity index (χ3v) is 7.58. The van der Waals surface area contributed by atoms with Crippen LogP contribution >= 0.6 is 0 Å². The van der Waals surface area contributed by atoms with Gasteiger partial charge in [-0.3, -0.25) is 0 Å². The van der Waals surface area contributed by atoms with Gasteiger partial charge in [-0.2, -0.15) is 0 Å². The predicted octanol–water partition coefficient (Wildman–Crippen LogP) is 5.69. The zero-order valence-corrected chi connectivity index (χ0v) is 24.8. The molecule has 1 aliphatic heterocycles. The number of nitrogens with one attached hydrogen (secondary N) is 3. The van der Waals surface area contributed by atoms with Gasteiger partial charge in [0, 0.05) is 24.7 Å². The molecule has 1 aliphatic carbocycles. The summed E-state index contributed by atoms with van der Waals surface area (Å²) >= 11 is 0. The van der Waals surface area contributed by atoms with E-state index in [-0.39, 0.29) is 17.4 Å². The van der Waals surface area contributed by atoms with E-state index in [9.17, 15) is 13.9 Å². The first-order chi connectivity index (χ1) is 20.8. The van der Waals surface area contributed by atoms with Crippen LogP contribution in [0.15, 0.2) is 48.7 Å². The third kappa shape index (κ3) is 7.97. The first-order valence-electron chi connectivity index (χ1n) is 14.1. The van der Waals surface area contributed by atoms with Gasteiger partial charge in [-0.15, -0.1) is 0 Å². The van der Waals surface area contributed by atoms with E-state index in [0.717, 1.165) is 55.2 Å². The van der Waals surface area contributed by atoms with Crippen molar-refractivity contribution in [3.63, 3.8) is 0 Å². The van der Waals surface area contributed by atoms with Gasteiger partial charge in [-0.25, -0.2) is 18.7 Å². The van der Waals surface area contributed by atoms with Gasteiger partial charge in [-0.1, -0.05) is 23.8 Å². The number of hydrogen-bond donors (Lipinski definition) is 4. The molecule has 4 N–H and O–H groups in total. The highest BCUT2D eigenvalue weighted by molar-refractivity contribution is 5.85. The lowest BCUT2D eigenvalue weighted by Gasteiger charge is -2.23. The van der Waals surface area contributed by atoms with E-state index < -0.39 is 11.6 Å². The quantitative estimate of drug-likeness (QED) is 0.239. The second-order valence-electron chi connectivity index (χ2n) is 10.4. The largest absolute Gasteiger partial charge is 0.388 e. The number of nitrogens with zero attached hydrogens (tertiary/aromatic N) is 2. The molecule has 0 spiro atoms. The molecule has 3 aromatic carbocycles. The van der Waals surface area contributed by atoms with Crippen LogP contribution in [-0.4, -0.2) is 54.8 Å². The molecule has 228 valence electrons. The molecule has 43 heavy (non-hydrogen) atoms. The zero-order valence-electron chi connectivity index (χ0n) is 24.8. The Morgan fingerprint density at radius 3 is 2.40 bits per heavy atom. The number of benzene rings is 3. The van der Waals surface area contributed by atoms with Crippen LogP contribution in [-0.2, 0) is 16.0 Å². The van der Waals surface area contributed by atoms with Crippen molar-refractivity contribution in [3.05, 3.63) is 82.5 Å². The number of rotatable bonds is 4. The number of carbonyl (C=O) groups is 2. The summed E-state index contributed by atoms with van der Waals surface area (Å²) < 4.78 is 28.9. The highest BCUT2D eigenvalue weighted by Gasteiger charge is 2.21. The minimum atomic E-state index is -0.609. The van der Waals surface area contributed by atoms with Crippen molar-refractivity contribution in [1.29, 1.82) is 0 Å². The molecule has 0 bridgehead atoms. The van der Waals surface area contributed by atoms with E-state index in [1.165, 1.54) is 28.8 Å². The summed E-state index contributed by atoms with van der Waals surface area (Å²) in [5.74, 6) is -0.630.